The third-order valence-electron chi connectivity index (χ3n) is 5.79. The number of alkyl halides is 3. The van der Waals surface area contributed by atoms with Crippen molar-refractivity contribution in [3.05, 3.63) is 75.2 Å². The highest BCUT2D eigenvalue weighted by Crippen LogP contribution is 2.43. The lowest BCUT2D eigenvalue weighted by molar-refractivity contribution is -0.138. The van der Waals surface area contributed by atoms with Crippen molar-refractivity contribution in [3.63, 3.8) is 0 Å². The van der Waals surface area contributed by atoms with Crippen molar-refractivity contribution >= 4 is 17.6 Å². The molecule has 9 heteroatoms. The van der Waals surface area contributed by atoms with Gasteiger partial charge in [-0.25, -0.2) is 9.18 Å². The fraction of sp³-hybridized carbons (Fsp3) is 0.304. The molecule has 3 aromatic rings. The van der Waals surface area contributed by atoms with Crippen molar-refractivity contribution < 1.29 is 27.1 Å². The van der Waals surface area contributed by atoms with Crippen LogP contribution in [0.3, 0.4) is 0 Å². The lowest BCUT2D eigenvalue weighted by atomic mass is 9.79. The standard InChI is InChI=1S/C23H19ClF4N2O2/c1-32-22(31)13-8-9-14(18(25)11-13)21-20-12(4-2-7-19(20)29-30-21)10-15-16(23(26,27)28)5-3-6-17(15)24/h3,5-6,8-9,11-12H,2,4,7,10H2,1H3,(H,29,30). The molecule has 1 N–H and O–H groups in total. The molecule has 0 aliphatic heterocycles. The SMILES string of the molecule is COC(=O)c1ccc(-c2n[nH]c3c2C(Cc2c(Cl)cccc2C(F)(F)F)CCC3)c(F)c1. The number of H-pyrrole nitrogens is 1. The zero-order valence-corrected chi connectivity index (χ0v) is 17.8. The van der Waals surface area contributed by atoms with E-state index >= 15 is 0 Å². The molecule has 0 amide bonds. The third-order valence-corrected chi connectivity index (χ3v) is 6.14. The molecular formula is C23H19ClF4N2O2. The summed E-state index contributed by atoms with van der Waals surface area (Å²) in [5.41, 5.74) is 1.27. The number of carbonyl (C=O) groups is 1. The Labute approximate surface area is 186 Å². The van der Waals surface area contributed by atoms with Crippen molar-refractivity contribution in [2.45, 2.75) is 37.8 Å². The second-order valence-corrected chi connectivity index (χ2v) is 8.11. The minimum Gasteiger partial charge on any atom is -0.465 e. The van der Waals surface area contributed by atoms with Gasteiger partial charge in [0, 0.05) is 21.8 Å². The van der Waals surface area contributed by atoms with Gasteiger partial charge >= 0.3 is 12.1 Å². The van der Waals surface area contributed by atoms with E-state index in [2.05, 4.69) is 14.9 Å². The minimum absolute atomic E-state index is 0.0215. The lowest BCUT2D eigenvalue weighted by Gasteiger charge is -2.25. The number of aryl methyl sites for hydroxylation is 1. The molecule has 0 radical (unpaired) electrons. The molecule has 0 fully saturated rings. The Morgan fingerprint density at radius 1 is 1.28 bits per heavy atom. The minimum atomic E-state index is -4.53. The highest BCUT2D eigenvalue weighted by atomic mass is 35.5. The number of nitrogens with one attached hydrogen (secondary N) is 1. The summed E-state index contributed by atoms with van der Waals surface area (Å²) < 4.78 is 60.3. The predicted molar refractivity (Wildman–Crippen MR) is 111 cm³/mol. The first-order chi connectivity index (χ1) is 15.2. The van der Waals surface area contributed by atoms with Gasteiger partial charge in [0.05, 0.1) is 23.9 Å². The molecule has 0 bridgehead atoms. The molecule has 4 nitrogen and oxygen atoms in total. The molecule has 1 atom stereocenters. The van der Waals surface area contributed by atoms with Crippen molar-refractivity contribution in [3.8, 4) is 11.3 Å². The number of hydrogen-bond donors (Lipinski definition) is 1. The van der Waals surface area contributed by atoms with Crippen LogP contribution in [-0.4, -0.2) is 23.3 Å². The number of ether oxygens (including phenoxy) is 1. The topological polar surface area (TPSA) is 55.0 Å². The molecule has 1 aromatic heterocycles. The Balaban J connectivity index is 1.76. The van der Waals surface area contributed by atoms with Crippen LogP contribution in [-0.2, 0) is 23.8 Å². The summed E-state index contributed by atoms with van der Waals surface area (Å²) in [5, 5.41) is 7.23. The van der Waals surface area contributed by atoms with E-state index in [0.717, 1.165) is 24.2 Å². The summed E-state index contributed by atoms with van der Waals surface area (Å²) in [6.07, 6.45) is -2.45. The summed E-state index contributed by atoms with van der Waals surface area (Å²) in [5.74, 6) is -1.66. The molecule has 0 spiro atoms. The first-order valence-corrected chi connectivity index (χ1v) is 10.4. The maximum absolute atomic E-state index is 14.9. The number of aromatic amines is 1. The van der Waals surface area contributed by atoms with Crippen LogP contribution in [0.15, 0.2) is 36.4 Å². The Morgan fingerprint density at radius 3 is 2.75 bits per heavy atom. The average Bonchev–Trinajstić information content (AvgIpc) is 3.18. The normalized spacial score (nSPS) is 16.0. The van der Waals surface area contributed by atoms with Gasteiger partial charge in [-0.15, -0.1) is 0 Å². The maximum atomic E-state index is 14.9. The summed E-state index contributed by atoms with van der Waals surface area (Å²) in [6.45, 7) is 0. The number of rotatable bonds is 4. The van der Waals surface area contributed by atoms with Crippen molar-refractivity contribution in [1.29, 1.82) is 0 Å². The number of esters is 1. The van der Waals surface area contributed by atoms with Gasteiger partial charge in [-0.1, -0.05) is 17.7 Å². The highest BCUT2D eigenvalue weighted by Gasteiger charge is 2.36. The van der Waals surface area contributed by atoms with Gasteiger partial charge in [-0.3, -0.25) is 5.10 Å². The predicted octanol–water partition coefficient (Wildman–Crippen LogP) is 6.34. The average molecular weight is 467 g/mol. The molecule has 1 aliphatic rings. The molecule has 0 saturated carbocycles. The second kappa shape index (κ2) is 8.58. The molecule has 0 saturated heterocycles. The van der Waals surface area contributed by atoms with Crippen LogP contribution in [0.2, 0.25) is 5.02 Å². The Bertz CT molecular complexity index is 1170. The van der Waals surface area contributed by atoms with Crippen LogP contribution < -0.4 is 0 Å². The maximum Gasteiger partial charge on any atom is 0.416 e. The second-order valence-electron chi connectivity index (χ2n) is 7.71. The van der Waals surface area contributed by atoms with Crippen LogP contribution in [0.4, 0.5) is 17.6 Å². The molecule has 32 heavy (non-hydrogen) atoms. The Morgan fingerprint density at radius 2 is 2.06 bits per heavy atom. The number of hydrogen-bond acceptors (Lipinski definition) is 3. The van der Waals surface area contributed by atoms with E-state index in [9.17, 15) is 22.4 Å². The number of benzene rings is 2. The summed E-state index contributed by atoms with van der Waals surface area (Å²) in [6, 6.07) is 7.67. The number of halogens is 5. The van der Waals surface area contributed by atoms with E-state index in [-0.39, 0.29) is 34.1 Å². The van der Waals surface area contributed by atoms with Gasteiger partial charge in [-0.2, -0.15) is 18.3 Å². The fourth-order valence-electron chi connectivity index (χ4n) is 4.33. The first kappa shape index (κ1) is 22.3. The van der Waals surface area contributed by atoms with Crippen molar-refractivity contribution in [2.75, 3.05) is 7.11 Å². The van der Waals surface area contributed by atoms with Crippen LogP contribution in [0.1, 0.15) is 51.5 Å². The first-order valence-electron chi connectivity index (χ1n) is 10.0. The van der Waals surface area contributed by atoms with Gasteiger partial charge in [-0.05, 0) is 67.5 Å². The van der Waals surface area contributed by atoms with Crippen LogP contribution in [0.25, 0.3) is 11.3 Å². The quantitative estimate of drug-likeness (QED) is 0.360. The Kier molecular flexibility index (Phi) is 5.99. The third kappa shape index (κ3) is 4.11. The smallest absolute Gasteiger partial charge is 0.416 e. The summed E-state index contributed by atoms with van der Waals surface area (Å²) in [7, 11) is 1.20. The Hall–Kier alpha value is -2.87. The fourth-order valence-corrected chi connectivity index (χ4v) is 4.58. The molecule has 1 aliphatic carbocycles. The van der Waals surface area contributed by atoms with Gasteiger partial charge in [0.15, 0.2) is 0 Å². The molecule has 4 rings (SSSR count). The van der Waals surface area contributed by atoms with Gasteiger partial charge < -0.3 is 4.74 Å². The monoisotopic (exact) mass is 466 g/mol. The highest BCUT2D eigenvalue weighted by molar-refractivity contribution is 6.31. The largest absolute Gasteiger partial charge is 0.465 e. The number of methoxy groups -OCH3 is 1. The molecule has 168 valence electrons. The van der Waals surface area contributed by atoms with Crippen LogP contribution in [0, 0.1) is 5.82 Å². The van der Waals surface area contributed by atoms with Crippen LogP contribution in [0.5, 0.6) is 0 Å². The van der Waals surface area contributed by atoms with Crippen LogP contribution >= 0.6 is 11.6 Å². The van der Waals surface area contributed by atoms with E-state index in [4.69, 9.17) is 11.6 Å². The van der Waals surface area contributed by atoms with Crippen molar-refractivity contribution in [2.24, 2.45) is 0 Å². The van der Waals surface area contributed by atoms with E-state index < -0.39 is 23.5 Å². The zero-order chi connectivity index (χ0) is 23.0. The molecule has 2 aromatic carbocycles. The number of fused-ring (bicyclic) bond motifs is 1. The van der Waals surface area contributed by atoms with E-state index in [1.165, 1.54) is 31.4 Å². The van der Waals surface area contributed by atoms with Crippen molar-refractivity contribution in [1.82, 2.24) is 10.2 Å². The number of carbonyl (C=O) groups excluding carboxylic acids is 1. The van der Waals surface area contributed by atoms with Gasteiger partial charge in [0.2, 0.25) is 0 Å². The number of nitrogens with zero attached hydrogens (tertiary/aromatic N) is 1. The summed E-state index contributed by atoms with van der Waals surface area (Å²) in [4.78, 5) is 11.7. The van der Waals surface area contributed by atoms with E-state index in [0.29, 0.717) is 24.1 Å². The summed E-state index contributed by atoms with van der Waals surface area (Å²) >= 11 is 6.17. The van der Waals surface area contributed by atoms with Gasteiger partial charge in [0.25, 0.3) is 0 Å². The molecule has 1 unspecified atom stereocenters. The number of aromatic nitrogens is 2. The van der Waals surface area contributed by atoms with Gasteiger partial charge in [0.1, 0.15) is 5.82 Å². The lowest BCUT2D eigenvalue weighted by Crippen LogP contribution is -2.16. The van der Waals surface area contributed by atoms with E-state index in [1.807, 2.05) is 0 Å². The molecule has 1 heterocycles. The van der Waals surface area contributed by atoms with E-state index in [1.54, 1.807) is 0 Å². The molecular weight excluding hydrogens is 448 g/mol. The zero-order valence-electron chi connectivity index (χ0n) is 17.0.